The maximum atomic E-state index is 3.84. The summed E-state index contributed by atoms with van der Waals surface area (Å²) in [6.45, 7) is 7.68. The standard InChI is InChI=1S/C11H18B/c1-3-5-11(6-4-2)7-9-12-10-8-11/h3-4H,1-2,5-10H2. The molecule has 65 valence electrons. The van der Waals surface area contributed by atoms with Crippen LogP contribution in [0.1, 0.15) is 25.7 Å². The molecule has 0 aromatic heterocycles. The molecule has 0 aromatic rings. The molecule has 0 nitrogen and oxygen atoms in total. The second kappa shape index (κ2) is 4.54. The molecule has 0 N–H and O–H groups in total. The van der Waals surface area contributed by atoms with Crippen molar-refractivity contribution in [3.05, 3.63) is 25.3 Å². The fraction of sp³-hybridized carbons (Fsp3) is 0.636. The lowest BCUT2D eigenvalue weighted by atomic mass is 9.54. The molecule has 1 heteroatoms. The van der Waals surface area contributed by atoms with Gasteiger partial charge in [0.05, 0.1) is 0 Å². The van der Waals surface area contributed by atoms with E-state index in [4.69, 9.17) is 0 Å². The van der Waals surface area contributed by atoms with Gasteiger partial charge >= 0.3 is 0 Å². The highest BCUT2D eigenvalue weighted by Crippen LogP contribution is 2.41. The molecule has 1 radical (unpaired) electrons. The van der Waals surface area contributed by atoms with Crippen molar-refractivity contribution in [2.24, 2.45) is 5.41 Å². The zero-order valence-corrected chi connectivity index (χ0v) is 7.89. The quantitative estimate of drug-likeness (QED) is 0.437. The van der Waals surface area contributed by atoms with Gasteiger partial charge in [-0.25, -0.2) is 0 Å². The van der Waals surface area contributed by atoms with Crippen LogP contribution in [-0.4, -0.2) is 7.28 Å². The Morgan fingerprint density at radius 1 is 1.08 bits per heavy atom. The van der Waals surface area contributed by atoms with Crippen LogP contribution in [0, 0.1) is 5.41 Å². The van der Waals surface area contributed by atoms with Gasteiger partial charge in [-0.05, 0) is 18.3 Å². The Balaban J connectivity index is 2.55. The van der Waals surface area contributed by atoms with Crippen LogP contribution in [0.25, 0.3) is 0 Å². The predicted octanol–water partition coefficient (Wildman–Crippen LogP) is 3.46. The summed E-state index contributed by atoms with van der Waals surface area (Å²) >= 11 is 0. The zero-order chi connectivity index (χ0) is 8.86. The molecule has 0 unspecified atom stereocenters. The number of allylic oxidation sites excluding steroid dienone is 2. The first-order valence-corrected chi connectivity index (χ1v) is 4.86. The van der Waals surface area contributed by atoms with Crippen LogP contribution in [0.5, 0.6) is 0 Å². The molecule has 0 bridgehead atoms. The van der Waals surface area contributed by atoms with E-state index in [0.29, 0.717) is 5.41 Å². The maximum absolute atomic E-state index is 3.84. The second-order valence-corrected chi connectivity index (χ2v) is 3.85. The van der Waals surface area contributed by atoms with Gasteiger partial charge in [0, 0.05) is 0 Å². The smallest absolute Gasteiger partial charge is 0.103 e. The van der Waals surface area contributed by atoms with E-state index in [1.54, 1.807) is 0 Å². The molecule has 1 saturated heterocycles. The number of rotatable bonds is 4. The molecule has 1 heterocycles. The number of hydrogen-bond donors (Lipinski definition) is 0. The lowest BCUT2D eigenvalue weighted by molar-refractivity contribution is 0.259. The van der Waals surface area contributed by atoms with Crippen LogP contribution in [0.3, 0.4) is 0 Å². The highest BCUT2D eigenvalue weighted by Gasteiger charge is 2.29. The Morgan fingerprint density at radius 3 is 2.00 bits per heavy atom. The van der Waals surface area contributed by atoms with Crippen molar-refractivity contribution in [2.75, 3.05) is 0 Å². The first-order valence-electron chi connectivity index (χ1n) is 4.86. The number of hydrogen-bond acceptors (Lipinski definition) is 0. The molecule has 0 saturated carbocycles. The fourth-order valence-electron chi connectivity index (χ4n) is 2.19. The van der Waals surface area contributed by atoms with Gasteiger partial charge in [-0.2, -0.15) is 0 Å². The van der Waals surface area contributed by atoms with Crippen molar-refractivity contribution >= 4 is 7.28 Å². The summed E-state index contributed by atoms with van der Waals surface area (Å²) in [6, 6.07) is 0. The van der Waals surface area contributed by atoms with Crippen LogP contribution in [0.2, 0.25) is 12.6 Å². The van der Waals surface area contributed by atoms with Gasteiger partial charge in [0.25, 0.3) is 0 Å². The Morgan fingerprint density at radius 2 is 1.58 bits per heavy atom. The van der Waals surface area contributed by atoms with E-state index in [1.807, 2.05) is 0 Å². The van der Waals surface area contributed by atoms with Crippen LogP contribution in [0.4, 0.5) is 0 Å². The zero-order valence-electron chi connectivity index (χ0n) is 7.89. The summed E-state index contributed by atoms with van der Waals surface area (Å²) in [6.07, 6.45) is 11.7. The minimum atomic E-state index is 0.512. The van der Waals surface area contributed by atoms with E-state index in [1.165, 1.54) is 25.5 Å². The van der Waals surface area contributed by atoms with Crippen molar-refractivity contribution in [3.8, 4) is 0 Å². The Kier molecular flexibility index (Phi) is 3.64. The molecule has 0 amide bonds. The Labute approximate surface area is 77.0 Å². The summed E-state index contributed by atoms with van der Waals surface area (Å²) in [5, 5.41) is 0. The maximum Gasteiger partial charge on any atom is 0.109 e. The van der Waals surface area contributed by atoms with E-state index in [-0.39, 0.29) is 0 Å². The lowest BCUT2D eigenvalue weighted by Crippen LogP contribution is -2.24. The molecule has 1 aliphatic heterocycles. The van der Waals surface area contributed by atoms with Crippen molar-refractivity contribution in [1.82, 2.24) is 0 Å². The van der Waals surface area contributed by atoms with Crippen LogP contribution in [0.15, 0.2) is 25.3 Å². The lowest BCUT2D eigenvalue weighted by Gasteiger charge is -2.35. The third kappa shape index (κ3) is 2.26. The summed E-state index contributed by atoms with van der Waals surface area (Å²) in [7, 11) is 2.41. The molecule has 12 heavy (non-hydrogen) atoms. The molecule has 1 fully saturated rings. The SMILES string of the molecule is C=CCC1(CC=C)CC[B]CC1. The minimum absolute atomic E-state index is 0.512. The molecular formula is C11H18B. The monoisotopic (exact) mass is 161 g/mol. The van der Waals surface area contributed by atoms with Crippen molar-refractivity contribution < 1.29 is 0 Å². The van der Waals surface area contributed by atoms with Gasteiger partial charge in [-0.3, -0.25) is 0 Å². The van der Waals surface area contributed by atoms with Crippen LogP contribution < -0.4 is 0 Å². The molecular weight excluding hydrogens is 143 g/mol. The predicted molar refractivity (Wildman–Crippen MR) is 56.7 cm³/mol. The molecule has 0 aliphatic carbocycles. The largest absolute Gasteiger partial charge is 0.109 e. The summed E-state index contributed by atoms with van der Waals surface area (Å²) in [5.41, 5.74) is 0.512. The highest BCUT2D eigenvalue weighted by atomic mass is 14.3. The van der Waals surface area contributed by atoms with Crippen LogP contribution in [-0.2, 0) is 0 Å². The van der Waals surface area contributed by atoms with Crippen LogP contribution >= 0.6 is 0 Å². The van der Waals surface area contributed by atoms with Crippen molar-refractivity contribution in [3.63, 3.8) is 0 Å². The Bertz CT molecular complexity index is 142. The highest BCUT2D eigenvalue weighted by molar-refractivity contribution is 6.35. The average molecular weight is 161 g/mol. The molecule has 0 spiro atoms. The van der Waals surface area contributed by atoms with Gasteiger partial charge < -0.3 is 0 Å². The second-order valence-electron chi connectivity index (χ2n) is 3.85. The minimum Gasteiger partial charge on any atom is -0.103 e. The molecule has 1 aliphatic rings. The van der Waals surface area contributed by atoms with E-state index >= 15 is 0 Å². The topological polar surface area (TPSA) is 0 Å². The van der Waals surface area contributed by atoms with E-state index in [9.17, 15) is 0 Å². The normalized spacial score (nSPS) is 21.0. The average Bonchev–Trinajstić information content (AvgIpc) is 2.07. The summed E-state index contributed by atoms with van der Waals surface area (Å²) < 4.78 is 0. The third-order valence-electron chi connectivity index (χ3n) is 2.91. The van der Waals surface area contributed by atoms with E-state index in [2.05, 4.69) is 32.6 Å². The molecule has 1 rings (SSSR count). The Hall–Kier alpha value is -0.455. The van der Waals surface area contributed by atoms with E-state index in [0.717, 1.165) is 12.8 Å². The molecule has 0 aromatic carbocycles. The van der Waals surface area contributed by atoms with Crippen molar-refractivity contribution in [1.29, 1.82) is 0 Å². The van der Waals surface area contributed by atoms with Gasteiger partial charge in [0.2, 0.25) is 0 Å². The van der Waals surface area contributed by atoms with Gasteiger partial charge in [-0.1, -0.05) is 37.6 Å². The summed E-state index contributed by atoms with van der Waals surface area (Å²) in [4.78, 5) is 0. The van der Waals surface area contributed by atoms with Gasteiger partial charge in [-0.15, -0.1) is 13.2 Å². The third-order valence-corrected chi connectivity index (χ3v) is 2.91. The first kappa shape index (κ1) is 9.63. The van der Waals surface area contributed by atoms with Gasteiger partial charge in [0.15, 0.2) is 0 Å². The molecule has 0 atom stereocenters. The van der Waals surface area contributed by atoms with Crippen molar-refractivity contribution in [2.45, 2.75) is 38.3 Å². The summed E-state index contributed by atoms with van der Waals surface area (Å²) in [5.74, 6) is 0. The first-order chi connectivity index (χ1) is 5.83. The van der Waals surface area contributed by atoms with Gasteiger partial charge in [0.1, 0.15) is 7.28 Å². The van der Waals surface area contributed by atoms with E-state index < -0.39 is 0 Å². The fourth-order valence-corrected chi connectivity index (χ4v) is 2.19.